The number of para-hydroxylation sites is 2. The smallest absolute Gasteiger partial charge is 0.339 e. The van der Waals surface area contributed by atoms with Crippen LogP contribution in [0, 0.1) is 6.92 Å². The van der Waals surface area contributed by atoms with Gasteiger partial charge < -0.3 is 14.2 Å². The number of methoxy groups -OCH3 is 1. The number of hydrogen-bond donors (Lipinski definition) is 1. The van der Waals surface area contributed by atoms with Crippen molar-refractivity contribution in [3.05, 3.63) is 88.8 Å². The monoisotopic (exact) mass is 480 g/mol. The number of amides is 1. The van der Waals surface area contributed by atoms with Crippen LogP contribution in [0.5, 0.6) is 11.5 Å². The average Bonchev–Trinajstić information content (AvgIpc) is 3.14. The topological polar surface area (TPSA) is 94.1 Å². The predicted molar refractivity (Wildman–Crippen MR) is 129 cm³/mol. The van der Waals surface area contributed by atoms with E-state index < -0.39 is 10.1 Å². The van der Waals surface area contributed by atoms with E-state index in [4.69, 9.17) is 8.92 Å². The van der Waals surface area contributed by atoms with Gasteiger partial charge in [-0.1, -0.05) is 48.0 Å². The second-order valence-electron chi connectivity index (χ2n) is 7.05. The Morgan fingerprint density at radius 2 is 1.70 bits per heavy atom. The molecule has 1 aliphatic heterocycles. The zero-order chi connectivity index (χ0) is 23.4. The summed E-state index contributed by atoms with van der Waals surface area (Å²) >= 11 is 1.15. The number of nitrogens with zero attached hydrogens (tertiary/aromatic N) is 1. The van der Waals surface area contributed by atoms with Gasteiger partial charge in [-0.25, -0.2) is 4.99 Å². The van der Waals surface area contributed by atoms with Gasteiger partial charge in [-0.15, -0.1) is 0 Å². The number of rotatable bonds is 6. The predicted octanol–water partition coefficient (Wildman–Crippen LogP) is 4.66. The van der Waals surface area contributed by atoms with Crippen LogP contribution in [-0.2, 0) is 14.9 Å². The van der Waals surface area contributed by atoms with E-state index in [9.17, 15) is 13.2 Å². The Bertz CT molecular complexity index is 1350. The fraction of sp³-hybridized carbons (Fsp3) is 0.0833. The molecule has 1 heterocycles. The van der Waals surface area contributed by atoms with Gasteiger partial charge in [0.15, 0.2) is 16.7 Å². The molecule has 0 bridgehead atoms. The maximum Gasteiger partial charge on any atom is 0.339 e. The van der Waals surface area contributed by atoms with E-state index in [0.29, 0.717) is 21.3 Å². The van der Waals surface area contributed by atoms with Crippen molar-refractivity contribution < 1.29 is 22.1 Å². The highest BCUT2D eigenvalue weighted by Gasteiger charge is 2.26. The van der Waals surface area contributed by atoms with Crippen LogP contribution in [-0.4, -0.2) is 26.6 Å². The van der Waals surface area contributed by atoms with Crippen LogP contribution >= 0.6 is 11.8 Å². The lowest BCUT2D eigenvalue weighted by atomic mass is 10.1. The summed E-state index contributed by atoms with van der Waals surface area (Å²) in [5.74, 6) is -0.124. The minimum Gasteiger partial charge on any atom is -0.493 e. The van der Waals surface area contributed by atoms with Crippen molar-refractivity contribution in [3.8, 4) is 11.5 Å². The van der Waals surface area contributed by atoms with Crippen LogP contribution in [0.3, 0.4) is 0 Å². The van der Waals surface area contributed by atoms with Gasteiger partial charge in [-0.05, 0) is 55.1 Å². The van der Waals surface area contributed by atoms with E-state index in [1.807, 2.05) is 37.3 Å². The van der Waals surface area contributed by atoms with Crippen molar-refractivity contribution in [1.82, 2.24) is 5.32 Å². The van der Waals surface area contributed by atoms with Crippen molar-refractivity contribution >= 4 is 44.7 Å². The van der Waals surface area contributed by atoms with E-state index in [-0.39, 0.29) is 22.3 Å². The molecule has 0 radical (unpaired) electrons. The SMILES string of the molecule is COc1cccc(/C=C2\SC(=Nc3ccccc3)NC2=O)c1OS(=O)(=O)c1ccc(C)cc1. The van der Waals surface area contributed by atoms with Crippen molar-refractivity contribution in [2.75, 3.05) is 7.11 Å². The summed E-state index contributed by atoms with van der Waals surface area (Å²) in [4.78, 5) is 17.3. The molecule has 168 valence electrons. The normalized spacial score (nSPS) is 16.1. The second-order valence-corrected chi connectivity index (χ2v) is 9.62. The zero-order valence-corrected chi connectivity index (χ0v) is 19.4. The summed E-state index contributed by atoms with van der Waals surface area (Å²) in [6.07, 6.45) is 1.55. The first kappa shape index (κ1) is 22.6. The molecule has 7 nitrogen and oxygen atoms in total. The first-order valence-electron chi connectivity index (χ1n) is 9.88. The van der Waals surface area contributed by atoms with Crippen LogP contribution in [0.2, 0.25) is 0 Å². The summed E-state index contributed by atoms with van der Waals surface area (Å²) in [5.41, 5.74) is 2.01. The number of amidine groups is 1. The van der Waals surface area contributed by atoms with Crippen molar-refractivity contribution in [1.29, 1.82) is 0 Å². The van der Waals surface area contributed by atoms with Crippen molar-refractivity contribution in [2.24, 2.45) is 4.99 Å². The Hall–Kier alpha value is -3.56. The second kappa shape index (κ2) is 9.51. The number of hydrogen-bond acceptors (Lipinski definition) is 7. The fourth-order valence-corrected chi connectivity index (χ4v) is 4.80. The average molecular weight is 481 g/mol. The molecule has 0 spiro atoms. The summed E-state index contributed by atoms with van der Waals surface area (Å²) in [6, 6.07) is 20.5. The molecule has 33 heavy (non-hydrogen) atoms. The largest absolute Gasteiger partial charge is 0.493 e. The van der Waals surface area contributed by atoms with Gasteiger partial charge in [-0.3, -0.25) is 4.79 Å². The zero-order valence-electron chi connectivity index (χ0n) is 17.8. The lowest BCUT2D eigenvalue weighted by Crippen LogP contribution is -2.19. The molecule has 0 saturated carbocycles. The molecule has 1 saturated heterocycles. The number of carbonyl (C=O) groups is 1. The Morgan fingerprint density at radius 1 is 0.970 bits per heavy atom. The molecule has 0 atom stereocenters. The third-order valence-electron chi connectivity index (χ3n) is 4.66. The van der Waals surface area contributed by atoms with Gasteiger partial charge >= 0.3 is 10.1 Å². The highest BCUT2D eigenvalue weighted by atomic mass is 32.2. The molecular weight excluding hydrogens is 460 g/mol. The number of aryl methyl sites for hydroxylation is 1. The van der Waals surface area contributed by atoms with E-state index in [0.717, 1.165) is 17.3 Å². The number of carbonyl (C=O) groups excluding carboxylic acids is 1. The number of thioether (sulfide) groups is 1. The van der Waals surface area contributed by atoms with Crippen LogP contribution in [0.1, 0.15) is 11.1 Å². The Labute approximate surface area is 196 Å². The maximum absolute atomic E-state index is 12.9. The molecule has 9 heteroatoms. The molecule has 1 N–H and O–H groups in total. The van der Waals surface area contributed by atoms with Gasteiger partial charge in [0.2, 0.25) is 0 Å². The lowest BCUT2D eigenvalue weighted by Gasteiger charge is -2.13. The van der Waals surface area contributed by atoms with E-state index in [1.165, 1.54) is 19.2 Å². The standard InChI is InChI=1S/C24H20N2O5S2/c1-16-11-13-19(14-12-16)33(28,29)31-22-17(7-6-10-20(22)30-2)15-21-23(27)26-24(32-21)25-18-8-4-3-5-9-18/h3-15H,1-2H3,(H,25,26,27)/b21-15-. The summed E-state index contributed by atoms with van der Waals surface area (Å²) < 4.78 is 36.6. The van der Waals surface area contributed by atoms with Crippen molar-refractivity contribution in [2.45, 2.75) is 11.8 Å². The van der Waals surface area contributed by atoms with Crippen LogP contribution in [0.4, 0.5) is 5.69 Å². The van der Waals surface area contributed by atoms with E-state index >= 15 is 0 Å². The Balaban J connectivity index is 1.68. The molecule has 1 aliphatic rings. The van der Waals surface area contributed by atoms with Gasteiger partial charge in [0, 0.05) is 5.56 Å². The maximum atomic E-state index is 12.9. The molecule has 3 aromatic rings. The molecule has 3 aromatic carbocycles. The minimum absolute atomic E-state index is 0.00470. The van der Waals surface area contributed by atoms with Crippen LogP contribution in [0.15, 0.2) is 87.6 Å². The first-order valence-corrected chi connectivity index (χ1v) is 12.1. The van der Waals surface area contributed by atoms with Crippen molar-refractivity contribution in [3.63, 3.8) is 0 Å². The molecule has 0 aliphatic carbocycles. The number of benzene rings is 3. The quantitative estimate of drug-likeness (QED) is 0.407. The van der Waals surface area contributed by atoms with E-state index in [2.05, 4.69) is 10.3 Å². The number of aliphatic imine (C=N–C) groups is 1. The third-order valence-corrected chi connectivity index (χ3v) is 6.80. The molecule has 4 rings (SSSR count). The van der Waals surface area contributed by atoms with Crippen LogP contribution in [0.25, 0.3) is 6.08 Å². The Morgan fingerprint density at radius 3 is 2.39 bits per heavy atom. The van der Waals surface area contributed by atoms with Crippen LogP contribution < -0.4 is 14.2 Å². The molecule has 0 aromatic heterocycles. The summed E-state index contributed by atoms with van der Waals surface area (Å²) in [7, 11) is -2.71. The van der Waals surface area contributed by atoms with E-state index in [1.54, 1.807) is 36.4 Å². The molecule has 1 fully saturated rings. The highest BCUT2D eigenvalue weighted by Crippen LogP contribution is 2.37. The third kappa shape index (κ3) is 5.27. The molecular formula is C24H20N2O5S2. The number of nitrogens with one attached hydrogen (secondary N) is 1. The first-order chi connectivity index (χ1) is 15.9. The summed E-state index contributed by atoms with van der Waals surface area (Å²) in [5, 5.41) is 3.14. The fourth-order valence-electron chi connectivity index (χ4n) is 3.00. The molecule has 0 unspecified atom stereocenters. The van der Waals surface area contributed by atoms with Gasteiger partial charge in [0.25, 0.3) is 5.91 Å². The number of ether oxygens (including phenoxy) is 1. The van der Waals surface area contributed by atoms with Gasteiger partial charge in [0.05, 0.1) is 17.7 Å². The van der Waals surface area contributed by atoms with Gasteiger partial charge in [-0.2, -0.15) is 8.42 Å². The lowest BCUT2D eigenvalue weighted by molar-refractivity contribution is -0.115. The minimum atomic E-state index is -4.12. The molecule has 1 amide bonds. The summed E-state index contributed by atoms with van der Waals surface area (Å²) in [6.45, 7) is 1.86. The van der Waals surface area contributed by atoms with Gasteiger partial charge in [0.1, 0.15) is 4.90 Å². The Kier molecular flexibility index (Phi) is 6.52. The highest BCUT2D eigenvalue weighted by molar-refractivity contribution is 8.18.